The van der Waals surface area contributed by atoms with Crippen molar-refractivity contribution < 1.29 is 4.79 Å². The number of benzene rings is 1. The van der Waals surface area contributed by atoms with E-state index >= 15 is 0 Å². The number of hydrogen-bond acceptors (Lipinski definition) is 3. The van der Waals surface area contributed by atoms with Crippen molar-refractivity contribution in [2.24, 2.45) is 0 Å². The molecule has 3 heterocycles. The van der Waals surface area contributed by atoms with Crippen molar-refractivity contribution in [3.8, 4) is 5.69 Å². The molecule has 5 heteroatoms. The van der Waals surface area contributed by atoms with Gasteiger partial charge in [-0.15, -0.1) is 0 Å². The highest BCUT2D eigenvalue weighted by Gasteiger charge is 2.28. The summed E-state index contributed by atoms with van der Waals surface area (Å²) in [5.41, 5.74) is 2.88. The summed E-state index contributed by atoms with van der Waals surface area (Å²) in [5.74, 6) is 0.472. The molecule has 5 nitrogen and oxygen atoms in total. The Hall–Kier alpha value is -2.95. The van der Waals surface area contributed by atoms with Gasteiger partial charge < -0.3 is 4.90 Å². The van der Waals surface area contributed by atoms with Gasteiger partial charge in [-0.05, 0) is 48.4 Å². The highest BCUT2D eigenvalue weighted by Crippen LogP contribution is 2.27. The van der Waals surface area contributed by atoms with E-state index in [2.05, 4.69) is 16.1 Å². The molecule has 1 amide bonds. The normalized spacial score (nSPS) is 17.2. The van der Waals surface area contributed by atoms with Crippen molar-refractivity contribution in [2.75, 3.05) is 13.1 Å². The van der Waals surface area contributed by atoms with E-state index in [9.17, 15) is 4.79 Å². The van der Waals surface area contributed by atoms with Gasteiger partial charge in [-0.1, -0.05) is 6.07 Å². The molecule has 0 spiro atoms. The Balaban J connectivity index is 1.46. The molecule has 2 aromatic heterocycles. The van der Waals surface area contributed by atoms with Gasteiger partial charge in [0.05, 0.1) is 5.69 Å². The molecule has 0 radical (unpaired) electrons. The number of likely N-dealkylation sites (tertiary alicyclic amines) is 1. The zero-order chi connectivity index (χ0) is 16.4. The third-order valence-corrected chi connectivity index (χ3v) is 4.51. The standard InChI is InChI=1S/C19H18N4O/c24-19(15-4-6-18(7-5-15)23-11-2-10-21-23)22-12-8-17(14-22)16-3-1-9-20-13-16/h1-7,9-11,13,17H,8,12,14H2. The van der Waals surface area contributed by atoms with Gasteiger partial charge in [0.25, 0.3) is 5.91 Å². The zero-order valence-corrected chi connectivity index (χ0v) is 13.2. The van der Waals surface area contributed by atoms with Crippen molar-refractivity contribution in [2.45, 2.75) is 12.3 Å². The highest BCUT2D eigenvalue weighted by molar-refractivity contribution is 5.94. The van der Waals surface area contributed by atoms with E-state index < -0.39 is 0 Å². The van der Waals surface area contributed by atoms with Crippen LogP contribution in [0, 0.1) is 0 Å². The van der Waals surface area contributed by atoms with Gasteiger partial charge in [0.15, 0.2) is 0 Å². The Morgan fingerprint density at radius 1 is 1.08 bits per heavy atom. The first-order chi connectivity index (χ1) is 11.8. The predicted octanol–water partition coefficient (Wildman–Crippen LogP) is 2.90. The number of pyridine rings is 1. The molecule has 24 heavy (non-hydrogen) atoms. The predicted molar refractivity (Wildman–Crippen MR) is 91.1 cm³/mol. The minimum Gasteiger partial charge on any atom is -0.338 e. The number of aromatic nitrogens is 3. The maximum atomic E-state index is 12.7. The summed E-state index contributed by atoms with van der Waals surface area (Å²) in [6, 6.07) is 13.5. The van der Waals surface area contributed by atoms with Crippen molar-refractivity contribution in [3.63, 3.8) is 0 Å². The van der Waals surface area contributed by atoms with E-state index in [1.54, 1.807) is 17.1 Å². The van der Waals surface area contributed by atoms with Crippen LogP contribution in [0.15, 0.2) is 67.3 Å². The largest absolute Gasteiger partial charge is 0.338 e. The molecule has 1 fully saturated rings. The zero-order valence-electron chi connectivity index (χ0n) is 13.2. The van der Waals surface area contributed by atoms with E-state index in [1.165, 1.54) is 5.56 Å². The van der Waals surface area contributed by atoms with Crippen LogP contribution in [0.25, 0.3) is 5.69 Å². The van der Waals surface area contributed by atoms with E-state index in [4.69, 9.17) is 0 Å². The molecule has 0 saturated carbocycles. The Kier molecular flexibility index (Phi) is 3.83. The number of nitrogens with zero attached hydrogens (tertiary/aromatic N) is 4. The minimum absolute atomic E-state index is 0.0911. The number of carbonyl (C=O) groups is 1. The SMILES string of the molecule is O=C(c1ccc(-n2cccn2)cc1)N1CCC(c2cccnc2)C1. The average molecular weight is 318 g/mol. The van der Waals surface area contributed by atoms with Crippen LogP contribution < -0.4 is 0 Å². The molecule has 1 unspecified atom stereocenters. The molecule has 0 bridgehead atoms. The second-order valence-electron chi connectivity index (χ2n) is 6.02. The first kappa shape index (κ1) is 14.6. The number of hydrogen-bond donors (Lipinski definition) is 0. The lowest BCUT2D eigenvalue weighted by Crippen LogP contribution is -2.28. The van der Waals surface area contributed by atoms with Crippen LogP contribution in [-0.4, -0.2) is 38.7 Å². The van der Waals surface area contributed by atoms with Crippen LogP contribution in [0.2, 0.25) is 0 Å². The lowest BCUT2D eigenvalue weighted by Gasteiger charge is -2.17. The summed E-state index contributed by atoms with van der Waals surface area (Å²) in [5, 5.41) is 4.20. The van der Waals surface area contributed by atoms with E-state index in [0.29, 0.717) is 5.92 Å². The Bertz CT molecular complexity index is 812. The van der Waals surface area contributed by atoms with Gasteiger partial charge in [-0.3, -0.25) is 9.78 Å². The van der Waals surface area contributed by atoms with Gasteiger partial charge in [-0.25, -0.2) is 4.68 Å². The fraction of sp³-hybridized carbons (Fsp3) is 0.211. The molecular formula is C19H18N4O. The summed E-state index contributed by atoms with van der Waals surface area (Å²) in [7, 11) is 0. The molecule has 4 rings (SSSR count). The third kappa shape index (κ3) is 2.80. The highest BCUT2D eigenvalue weighted by atomic mass is 16.2. The first-order valence-electron chi connectivity index (χ1n) is 8.10. The average Bonchev–Trinajstić information content (AvgIpc) is 3.34. The molecule has 120 valence electrons. The minimum atomic E-state index is 0.0911. The Labute approximate surface area is 140 Å². The summed E-state index contributed by atoms with van der Waals surface area (Å²) in [6.45, 7) is 1.55. The van der Waals surface area contributed by atoms with Crippen molar-refractivity contribution >= 4 is 5.91 Å². The fourth-order valence-corrected chi connectivity index (χ4v) is 3.20. The molecule has 1 atom stereocenters. The molecule has 1 aliphatic heterocycles. The first-order valence-corrected chi connectivity index (χ1v) is 8.10. The summed E-state index contributed by atoms with van der Waals surface area (Å²) >= 11 is 0. The molecule has 0 N–H and O–H groups in total. The van der Waals surface area contributed by atoms with Crippen LogP contribution in [0.3, 0.4) is 0 Å². The topological polar surface area (TPSA) is 51.0 Å². The summed E-state index contributed by atoms with van der Waals surface area (Å²) in [6.07, 6.45) is 8.29. The van der Waals surface area contributed by atoms with Crippen LogP contribution in [0.1, 0.15) is 28.3 Å². The second-order valence-corrected chi connectivity index (χ2v) is 6.02. The molecule has 1 aliphatic rings. The maximum absolute atomic E-state index is 12.7. The molecule has 1 saturated heterocycles. The monoisotopic (exact) mass is 318 g/mol. The van der Waals surface area contributed by atoms with Crippen LogP contribution >= 0.6 is 0 Å². The van der Waals surface area contributed by atoms with Crippen molar-refractivity contribution in [3.05, 3.63) is 78.4 Å². The molecule has 0 aliphatic carbocycles. The Morgan fingerprint density at radius 2 is 1.96 bits per heavy atom. The van der Waals surface area contributed by atoms with E-state index in [-0.39, 0.29) is 5.91 Å². The van der Waals surface area contributed by atoms with Gasteiger partial charge in [0, 0.05) is 49.4 Å². The maximum Gasteiger partial charge on any atom is 0.253 e. The number of rotatable bonds is 3. The lowest BCUT2D eigenvalue weighted by atomic mass is 10.0. The van der Waals surface area contributed by atoms with Crippen molar-refractivity contribution in [1.82, 2.24) is 19.7 Å². The second kappa shape index (κ2) is 6.28. The fourth-order valence-electron chi connectivity index (χ4n) is 3.20. The van der Waals surface area contributed by atoms with Gasteiger partial charge >= 0.3 is 0 Å². The summed E-state index contributed by atoms with van der Waals surface area (Å²) in [4.78, 5) is 18.8. The van der Waals surface area contributed by atoms with Gasteiger partial charge in [-0.2, -0.15) is 5.10 Å². The quantitative estimate of drug-likeness (QED) is 0.746. The lowest BCUT2D eigenvalue weighted by molar-refractivity contribution is 0.0791. The van der Waals surface area contributed by atoms with Crippen LogP contribution in [-0.2, 0) is 0 Å². The van der Waals surface area contributed by atoms with Crippen LogP contribution in [0.4, 0.5) is 0 Å². The smallest absolute Gasteiger partial charge is 0.253 e. The van der Waals surface area contributed by atoms with Crippen LogP contribution in [0.5, 0.6) is 0 Å². The van der Waals surface area contributed by atoms with E-state index in [1.807, 2.05) is 53.7 Å². The van der Waals surface area contributed by atoms with E-state index in [0.717, 1.165) is 30.8 Å². The number of carbonyl (C=O) groups excluding carboxylic acids is 1. The van der Waals surface area contributed by atoms with Gasteiger partial charge in [0.2, 0.25) is 0 Å². The summed E-state index contributed by atoms with van der Waals surface area (Å²) < 4.78 is 1.78. The number of amides is 1. The molecule has 1 aromatic carbocycles. The third-order valence-electron chi connectivity index (χ3n) is 4.51. The van der Waals surface area contributed by atoms with Gasteiger partial charge in [0.1, 0.15) is 0 Å². The molecule has 3 aromatic rings. The Morgan fingerprint density at radius 3 is 2.67 bits per heavy atom. The van der Waals surface area contributed by atoms with Crippen molar-refractivity contribution in [1.29, 1.82) is 0 Å². The molecular weight excluding hydrogens is 300 g/mol.